The minimum absolute atomic E-state index is 0.408. The van der Waals surface area contributed by atoms with Crippen molar-refractivity contribution in [2.75, 3.05) is 20.6 Å². The summed E-state index contributed by atoms with van der Waals surface area (Å²) in [5.41, 5.74) is 2.72. The van der Waals surface area contributed by atoms with Crippen LogP contribution in [-0.4, -0.2) is 31.6 Å². The molecular weight excluding hydrogens is 232 g/mol. The summed E-state index contributed by atoms with van der Waals surface area (Å²) in [4.78, 5) is 2.52. The number of hydrogen-bond donors (Lipinski definition) is 1. The van der Waals surface area contributed by atoms with Crippen molar-refractivity contribution in [1.29, 1.82) is 0 Å². The maximum absolute atomic E-state index is 3.49. The summed E-state index contributed by atoms with van der Waals surface area (Å²) in [5.74, 6) is 0.933. The van der Waals surface area contributed by atoms with Gasteiger partial charge in [0.2, 0.25) is 0 Å². The first-order valence-corrected chi connectivity index (χ1v) is 7.56. The van der Waals surface area contributed by atoms with Gasteiger partial charge in [-0.2, -0.15) is 0 Å². The molecule has 0 amide bonds. The van der Waals surface area contributed by atoms with E-state index < -0.39 is 0 Å². The zero-order chi connectivity index (χ0) is 13.8. The summed E-state index contributed by atoms with van der Waals surface area (Å²) >= 11 is 0. The van der Waals surface area contributed by atoms with Crippen LogP contribution in [0, 0.1) is 12.8 Å². The van der Waals surface area contributed by atoms with Crippen LogP contribution in [0.5, 0.6) is 0 Å². The highest BCUT2D eigenvalue weighted by atomic mass is 15.2. The van der Waals surface area contributed by atoms with Gasteiger partial charge in [-0.05, 0) is 52.3 Å². The van der Waals surface area contributed by atoms with Gasteiger partial charge in [-0.3, -0.25) is 0 Å². The van der Waals surface area contributed by atoms with Crippen LogP contribution in [0.4, 0.5) is 0 Å². The molecule has 0 saturated heterocycles. The van der Waals surface area contributed by atoms with Gasteiger partial charge in [-0.15, -0.1) is 0 Å². The molecule has 0 spiro atoms. The van der Waals surface area contributed by atoms with Gasteiger partial charge in [-0.1, -0.05) is 36.2 Å². The molecule has 19 heavy (non-hydrogen) atoms. The highest BCUT2D eigenvalue weighted by molar-refractivity contribution is 5.25. The molecule has 1 aliphatic carbocycles. The number of nitrogens with zero attached hydrogens (tertiary/aromatic N) is 1. The van der Waals surface area contributed by atoms with Crippen LogP contribution in [0.3, 0.4) is 0 Å². The Morgan fingerprint density at radius 1 is 1.26 bits per heavy atom. The van der Waals surface area contributed by atoms with E-state index in [0.717, 1.165) is 5.92 Å². The Morgan fingerprint density at radius 2 is 1.89 bits per heavy atom. The predicted molar refractivity (Wildman–Crippen MR) is 82.4 cm³/mol. The van der Waals surface area contributed by atoms with Crippen molar-refractivity contribution in [3.8, 4) is 0 Å². The van der Waals surface area contributed by atoms with E-state index in [1.165, 1.54) is 36.9 Å². The molecule has 1 fully saturated rings. The van der Waals surface area contributed by atoms with Gasteiger partial charge in [0.15, 0.2) is 0 Å². The smallest absolute Gasteiger partial charge is 0.0472 e. The molecule has 0 aromatic heterocycles. The standard InChI is InChI=1S/C17H28N2/c1-13-8-10-16(11-9-13)17(18-3)14(2)19(4)12-15-6-5-7-15/h8-11,14-15,17-18H,5-7,12H2,1-4H3. The van der Waals surface area contributed by atoms with Crippen LogP contribution >= 0.6 is 0 Å². The molecule has 106 valence electrons. The molecular formula is C17H28N2. The van der Waals surface area contributed by atoms with Crippen molar-refractivity contribution in [1.82, 2.24) is 10.2 Å². The average molecular weight is 260 g/mol. The first kappa shape index (κ1) is 14.5. The van der Waals surface area contributed by atoms with E-state index in [2.05, 4.69) is 62.4 Å². The minimum Gasteiger partial charge on any atom is -0.312 e. The van der Waals surface area contributed by atoms with Crippen LogP contribution in [0.1, 0.15) is 43.4 Å². The van der Waals surface area contributed by atoms with Crippen LogP contribution < -0.4 is 5.32 Å². The molecule has 1 aromatic carbocycles. The molecule has 1 N–H and O–H groups in total. The van der Waals surface area contributed by atoms with Gasteiger partial charge >= 0.3 is 0 Å². The Labute approximate surface area is 118 Å². The van der Waals surface area contributed by atoms with Crippen LogP contribution in [0.15, 0.2) is 24.3 Å². The number of hydrogen-bond acceptors (Lipinski definition) is 2. The third-order valence-electron chi connectivity index (χ3n) is 4.70. The van der Waals surface area contributed by atoms with E-state index in [0.29, 0.717) is 12.1 Å². The second-order valence-electron chi connectivity index (χ2n) is 6.15. The summed E-state index contributed by atoms with van der Waals surface area (Å²) < 4.78 is 0. The lowest BCUT2D eigenvalue weighted by atomic mass is 9.84. The molecule has 2 atom stereocenters. The lowest BCUT2D eigenvalue weighted by Crippen LogP contribution is -2.42. The molecule has 0 radical (unpaired) electrons. The van der Waals surface area contributed by atoms with Crippen LogP contribution in [0.25, 0.3) is 0 Å². The molecule has 0 bridgehead atoms. The van der Waals surface area contributed by atoms with Gasteiger partial charge in [0, 0.05) is 18.6 Å². The monoisotopic (exact) mass is 260 g/mol. The molecule has 1 saturated carbocycles. The Bertz CT molecular complexity index is 381. The number of aryl methyl sites for hydroxylation is 1. The molecule has 1 aromatic rings. The predicted octanol–water partition coefficient (Wildman–Crippen LogP) is 3.38. The van der Waals surface area contributed by atoms with Gasteiger partial charge in [0.1, 0.15) is 0 Å². The molecule has 1 aliphatic rings. The number of likely N-dealkylation sites (N-methyl/N-ethyl adjacent to an activating group) is 2. The van der Waals surface area contributed by atoms with Crippen molar-refractivity contribution in [3.63, 3.8) is 0 Å². The summed E-state index contributed by atoms with van der Waals surface area (Å²) in [6.07, 6.45) is 4.28. The van der Waals surface area contributed by atoms with Crippen molar-refractivity contribution >= 4 is 0 Å². The fourth-order valence-electron chi connectivity index (χ4n) is 2.96. The highest BCUT2D eigenvalue weighted by Gasteiger charge is 2.25. The van der Waals surface area contributed by atoms with Gasteiger partial charge in [0.25, 0.3) is 0 Å². The second kappa shape index (κ2) is 6.53. The lowest BCUT2D eigenvalue weighted by molar-refractivity contribution is 0.147. The molecule has 0 aliphatic heterocycles. The maximum atomic E-state index is 3.49. The molecule has 2 heteroatoms. The highest BCUT2D eigenvalue weighted by Crippen LogP contribution is 2.29. The zero-order valence-electron chi connectivity index (χ0n) is 12.8. The summed E-state index contributed by atoms with van der Waals surface area (Å²) in [6, 6.07) is 9.85. The Balaban J connectivity index is 2.00. The fraction of sp³-hybridized carbons (Fsp3) is 0.647. The van der Waals surface area contributed by atoms with E-state index in [4.69, 9.17) is 0 Å². The van der Waals surface area contributed by atoms with Crippen molar-refractivity contribution in [3.05, 3.63) is 35.4 Å². The number of benzene rings is 1. The van der Waals surface area contributed by atoms with Gasteiger partial charge in [-0.25, -0.2) is 0 Å². The number of nitrogens with one attached hydrogen (secondary N) is 1. The van der Waals surface area contributed by atoms with Crippen molar-refractivity contribution in [2.45, 2.75) is 45.2 Å². The zero-order valence-corrected chi connectivity index (χ0v) is 12.8. The Kier molecular flexibility index (Phi) is 5.00. The van der Waals surface area contributed by atoms with E-state index in [1.54, 1.807) is 0 Å². The van der Waals surface area contributed by atoms with Crippen LogP contribution in [-0.2, 0) is 0 Å². The summed E-state index contributed by atoms with van der Waals surface area (Å²) in [6.45, 7) is 5.72. The first-order valence-electron chi connectivity index (χ1n) is 7.56. The maximum Gasteiger partial charge on any atom is 0.0472 e. The normalized spacial score (nSPS) is 19.2. The van der Waals surface area contributed by atoms with Crippen molar-refractivity contribution in [2.24, 2.45) is 5.92 Å². The first-order chi connectivity index (χ1) is 9.11. The van der Waals surface area contributed by atoms with E-state index >= 15 is 0 Å². The molecule has 2 unspecified atom stereocenters. The van der Waals surface area contributed by atoms with E-state index in [9.17, 15) is 0 Å². The van der Waals surface area contributed by atoms with Crippen LogP contribution in [0.2, 0.25) is 0 Å². The second-order valence-corrected chi connectivity index (χ2v) is 6.15. The largest absolute Gasteiger partial charge is 0.312 e. The van der Waals surface area contributed by atoms with E-state index in [1.807, 2.05) is 0 Å². The van der Waals surface area contributed by atoms with Gasteiger partial charge < -0.3 is 10.2 Å². The third-order valence-corrected chi connectivity index (χ3v) is 4.70. The summed E-state index contributed by atoms with van der Waals surface area (Å²) in [5, 5.41) is 3.49. The molecule has 2 rings (SSSR count). The van der Waals surface area contributed by atoms with Gasteiger partial charge in [0.05, 0.1) is 0 Å². The topological polar surface area (TPSA) is 15.3 Å². The fourth-order valence-corrected chi connectivity index (χ4v) is 2.96. The molecule has 2 nitrogen and oxygen atoms in total. The SMILES string of the molecule is CNC(c1ccc(C)cc1)C(C)N(C)CC1CCC1. The van der Waals surface area contributed by atoms with E-state index in [-0.39, 0.29) is 0 Å². The Hall–Kier alpha value is -0.860. The van der Waals surface area contributed by atoms with Crippen molar-refractivity contribution < 1.29 is 0 Å². The summed E-state index contributed by atoms with van der Waals surface area (Å²) in [7, 11) is 4.33. The third kappa shape index (κ3) is 3.58. The minimum atomic E-state index is 0.408. The molecule has 0 heterocycles. The lowest BCUT2D eigenvalue weighted by Gasteiger charge is -2.37. The quantitative estimate of drug-likeness (QED) is 0.843. The number of rotatable bonds is 6. The Morgan fingerprint density at radius 3 is 2.37 bits per heavy atom. The average Bonchev–Trinajstić information content (AvgIpc) is 2.36.